The molecule has 1 aromatic heterocycles. The van der Waals surface area contributed by atoms with Gasteiger partial charge in [-0.1, -0.05) is 30.3 Å². The minimum atomic E-state index is -3.87. The van der Waals surface area contributed by atoms with E-state index >= 15 is 0 Å². The second kappa shape index (κ2) is 10.1. The van der Waals surface area contributed by atoms with Crippen LogP contribution in [0.5, 0.6) is 0 Å². The molecule has 5 rings (SSSR count). The largest absolute Gasteiger partial charge is 0.355 e. The molecule has 1 heterocycles. The first-order chi connectivity index (χ1) is 17.8. The molecule has 0 unspecified atom stereocenters. The Kier molecular flexibility index (Phi) is 6.55. The number of amides is 1. The van der Waals surface area contributed by atoms with E-state index < -0.39 is 10.0 Å². The summed E-state index contributed by atoms with van der Waals surface area (Å²) in [7, 11) is -3.87. The first-order valence-electron chi connectivity index (χ1n) is 11.4. The van der Waals surface area contributed by atoms with Gasteiger partial charge in [0.15, 0.2) is 0 Å². The third-order valence-electron chi connectivity index (χ3n) is 5.63. The number of primary sulfonamides is 1. The van der Waals surface area contributed by atoms with Crippen LogP contribution >= 0.6 is 0 Å². The molecule has 4 aromatic carbocycles. The van der Waals surface area contributed by atoms with Gasteiger partial charge in [0.05, 0.1) is 10.4 Å². The summed E-state index contributed by atoms with van der Waals surface area (Å²) in [6, 6.07) is 30.5. The van der Waals surface area contributed by atoms with Crippen molar-refractivity contribution < 1.29 is 13.2 Å². The van der Waals surface area contributed by atoms with Crippen LogP contribution in [0.4, 0.5) is 28.4 Å². The fourth-order valence-electron chi connectivity index (χ4n) is 3.87. The Morgan fingerprint density at radius 3 is 2.19 bits per heavy atom. The number of anilines is 5. The molecule has 0 radical (unpaired) electrons. The average molecular weight is 510 g/mol. The van der Waals surface area contributed by atoms with Crippen molar-refractivity contribution in [2.75, 3.05) is 16.0 Å². The van der Waals surface area contributed by atoms with Gasteiger partial charge in [0.25, 0.3) is 5.91 Å². The van der Waals surface area contributed by atoms with Crippen LogP contribution in [-0.4, -0.2) is 19.3 Å². The van der Waals surface area contributed by atoms with Crippen molar-refractivity contribution in [3.8, 4) is 0 Å². The van der Waals surface area contributed by atoms with Crippen molar-refractivity contribution in [2.24, 2.45) is 5.14 Å². The van der Waals surface area contributed by atoms with Crippen molar-refractivity contribution in [3.63, 3.8) is 0 Å². The molecule has 8 nitrogen and oxygen atoms in total. The summed E-state index contributed by atoms with van der Waals surface area (Å²) in [5, 5.41) is 15.4. The van der Waals surface area contributed by atoms with Crippen LogP contribution in [0, 0.1) is 0 Å². The lowest BCUT2D eigenvalue weighted by Crippen LogP contribution is -2.12. The number of carbonyl (C=O) groups is 1. The average Bonchev–Trinajstić information content (AvgIpc) is 2.89. The predicted molar refractivity (Wildman–Crippen MR) is 147 cm³/mol. The van der Waals surface area contributed by atoms with Gasteiger partial charge in [-0.15, -0.1) is 0 Å². The Bertz CT molecular complexity index is 1710. The minimum absolute atomic E-state index is 0.00633. The Balaban J connectivity index is 1.35. The second-order valence-electron chi connectivity index (χ2n) is 8.31. The standard InChI is InChI=1S/C28H23N5O3S/c29-37(35,36)24-12-13-26-25(18-24)27(14-15-30-26)32-21-9-4-6-19(16-21)28(34)33-23-11-5-10-22(17-23)31-20-7-2-1-3-8-20/h1-18,31H,(H,30,32)(H,33,34)(H2,29,35,36). The Morgan fingerprint density at radius 2 is 1.41 bits per heavy atom. The molecule has 1 amide bonds. The van der Waals surface area contributed by atoms with Gasteiger partial charge in [0.1, 0.15) is 0 Å². The van der Waals surface area contributed by atoms with E-state index in [1.807, 2.05) is 60.7 Å². The number of hydrogen-bond acceptors (Lipinski definition) is 6. The van der Waals surface area contributed by atoms with Crippen LogP contribution in [0.3, 0.4) is 0 Å². The molecule has 0 fully saturated rings. The SMILES string of the molecule is NS(=O)(=O)c1ccc2nccc(Nc3cccc(C(=O)Nc4cccc(Nc5ccccc5)c4)c3)c2c1. The van der Waals surface area contributed by atoms with Crippen molar-refractivity contribution in [1.82, 2.24) is 4.98 Å². The van der Waals surface area contributed by atoms with Crippen molar-refractivity contribution in [2.45, 2.75) is 4.90 Å². The number of rotatable bonds is 7. The molecule has 184 valence electrons. The molecule has 5 aromatic rings. The zero-order chi connectivity index (χ0) is 25.8. The molecule has 0 aliphatic carbocycles. The molecular weight excluding hydrogens is 486 g/mol. The van der Waals surface area contributed by atoms with Crippen LogP contribution in [0.1, 0.15) is 10.4 Å². The van der Waals surface area contributed by atoms with Crippen molar-refractivity contribution >= 4 is 55.3 Å². The van der Waals surface area contributed by atoms with Crippen LogP contribution in [0.2, 0.25) is 0 Å². The summed E-state index contributed by atoms with van der Waals surface area (Å²) in [4.78, 5) is 17.3. The quantitative estimate of drug-likeness (QED) is 0.226. The first-order valence-corrected chi connectivity index (χ1v) is 12.9. The van der Waals surface area contributed by atoms with Crippen molar-refractivity contribution in [1.29, 1.82) is 0 Å². The first kappa shape index (κ1) is 24.0. The molecule has 0 saturated carbocycles. The number of fused-ring (bicyclic) bond motifs is 1. The van der Waals surface area contributed by atoms with E-state index in [1.165, 1.54) is 12.1 Å². The number of nitrogens with one attached hydrogen (secondary N) is 3. The highest BCUT2D eigenvalue weighted by atomic mass is 32.2. The van der Waals surface area contributed by atoms with E-state index in [4.69, 9.17) is 5.14 Å². The number of nitrogens with two attached hydrogens (primary N) is 1. The lowest BCUT2D eigenvalue weighted by Gasteiger charge is -2.12. The monoisotopic (exact) mass is 509 g/mol. The van der Waals surface area contributed by atoms with Crippen LogP contribution < -0.4 is 21.1 Å². The summed E-state index contributed by atoms with van der Waals surface area (Å²) in [6.45, 7) is 0. The number of benzene rings is 4. The smallest absolute Gasteiger partial charge is 0.255 e. The number of hydrogen-bond donors (Lipinski definition) is 4. The molecular formula is C28H23N5O3S. The predicted octanol–water partition coefficient (Wildman–Crippen LogP) is 5.62. The molecule has 0 spiro atoms. The van der Waals surface area contributed by atoms with Gasteiger partial charge in [0, 0.05) is 45.6 Å². The van der Waals surface area contributed by atoms with Gasteiger partial charge >= 0.3 is 0 Å². The fourth-order valence-corrected chi connectivity index (χ4v) is 4.41. The molecule has 37 heavy (non-hydrogen) atoms. The molecule has 5 N–H and O–H groups in total. The maximum atomic E-state index is 13.0. The number of aromatic nitrogens is 1. The van der Waals surface area contributed by atoms with Crippen LogP contribution in [0.15, 0.2) is 114 Å². The Labute approximate surface area is 214 Å². The van der Waals surface area contributed by atoms with Gasteiger partial charge in [-0.05, 0) is 72.8 Å². The zero-order valence-electron chi connectivity index (χ0n) is 19.5. The highest BCUT2D eigenvalue weighted by molar-refractivity contribution is 7.89. The van der Waals surface area contributed by atoms with E-state index in [1.54, 1.807) is 36.5 Å². The van der Waals surface area contributed by atoms with E-state index in [-0.39, 0.29) is 10.8 Å². The number of sulfonamides is 1. The summed E-state index contributed by atoms with van der Waals surface area (Å²) in [5.74, 6) is -0.267. The van der Waals surface area contributed by atoms with Gasteiger partial charge in [-0.3, -0.25) is 9.78 Å². The summed E-state index contributed by atoms with van der Waals surface area (Å²) < 4.78 is 23.6. The maximum absolute atomic E-state index is 13.0. The highest BCUT2D eigenvalue weighted by Crippen LogP contribution is 2.28. The van der Waals surface area contributed by atoms with Gasteiger partial charge in [-0.25, -0.2) is 13.6 Å². The zero-order valence-corrected chi connectivity index (χ0v) is 20.4. The third-order valence-corrected chi connectivity index (χ3v) is 6.54. The second-order valence-corrected chi connectivity index (χ2v) is 9.88. The lowest BCUT2D eigenvalue weighted by atomic mass is 10.1. The maximum Gasteiger partial charge on any atom is 0.255 e. The van der Waals surface area contributed by atoms with E-state index in [2.05, 4.69) is 20.9 Å². The van der Waals surface area contributed by atoms with Crippen LogP contribution in [-0.2, 0) is 10.0 Å². The van der Waals surface area contributed by atoms with Gasteiger partial charge < -0.3 is 16.0 Å². The topological polar surface area (TPSA) is 126 Å². The molecule has 0 bridgehead atoms. The van der Waals surface area contributed by atoms with Crippen LogP contribution in [0.25, 0.3) is 10.9 Å². The molecule has 9 heteroatoms. The third kappa shape index (κ3) is 5.75. The van der Waals surface area contributed by atoms with E-state index in [9.17, 15) is 13.2 Å². The van der Waals surface area contributed by atoms with E-state index in [0.717, 1.165) is 11.4 Å². The van der Waals surface area contributed by atoms with E-state index in [0.29, 0.717) is 33.5 Å². The van der Waals surface area contributed by atoms with Gasteiger partial charge in [-0.2, -0.15) is 0 Å². The number of nitrogens with zero attached hydrogens (tertiary/aromatic N) is 1. The summed E-state index contributed by atoms with van der Waals surface area (Å²) >= 11 is 0. The molecule has 0 saturated heterocycles. The fraction of sp³-hybridized carbons (Fsp3) is 0. The summed E-state index contributed by atoms with van der Waals surface area (Å²) in [5.41, 5.74) is 4.80. The Hall–Kier alpha value is -4.73. The molecule has 0 aliphatic rings. The lowest BCUT2D eigenvalue weighted by molar-refractivity contribution is 0.102. The van der Waals surface area contributed by atoms with Crippen molar-refractivity contribution in [3.05, 3.63) is 115 Å². The highest BCUT2D eigenvalue weighted by Gasteiger charge is 2.12. The Morgan fingerprint density at radius 1 is 0.703 bits per heavy atom. The molecule has 0 atom stereocenters. The normalized spacial score (nSPS) is 11.2. The number of pyridine rings is 1. The number of carbonyl (C=O) groups excluding carboxylic acids is 1. The van der Waals surface area contributed by atoms with Gasteiger partial charge in [0.2, 0.25) is 10.0 Å². The summed E-state index contributed by atoms with van der Waals surface area (Å²) in [6.07, 6.45) is 1.62. The number of para-hydroxylation sites is 1. The molecule has 0 aliphatic heterocycles. The minimum Gasteiger partial charge on any atom is -0.355 e.